The van der Waals surface area contributed by atoms with E-state index in [2.05, 4.69) is 10.2 Å². The Labute approximate surface area is 114 Å². The van der Waals surface area contributed by atoms with Crippen molar-refractivity contribution in [3.05, 3.63) is 35.2 Å². The van der Waals surface area contributed by atoms with Gasteiger partial charge in [0.05, 0.1) is 22.8 Å². The van der Waals surface area contributed by atoms with Gasteiger partial charge in [0.2, 0.25) is 0 Å². The number of nitrogens with two attached hydrogens (primary N) is 1. The third kappa shape index (κ3) is 2.44. The topological polar surface area (TPSA) is 101 Å². The van der Waals surface area contributed by atoms with Crippen LogP contribution in [0.3, 0.4) is 0 Å². The first-order valence-corrected chi connectivity index (χ1v) is 6.99. The predicted molar refractivity (Wildman–Crippen MR) is 69.6 cm³/mol. The predicted octanol–water partition coefficient (Wildman–Crippen LogP) is 1.69. The van der Waals surface area contributed by atoms with Crippen LogP contribution in [0.4, 0.5) is 20.2 Å². The van der Waals surface area contributed by atoms with E-state index in [0.29, 0.717) is 11.8 Å². The maximum Gasteiger partial charge on any atom is 0.265 e. The Bertz CT molecular complexity index is 751. The number of nitrogen functional groups attached to an aromatic ring is 1. The quantitative estimate of drug-likeness (QED) is 0.751. The van der Waals surface area contributed by atoms with Gasteiger partial charge in [0.15, 0.2) is 0 Å². The van der Waals surface area contributed by atoms with Gasteiger partial charge in [-0.25, -0.2) is 17.2 Å². The molecular formula is C11H12F2N4O2S. The number of nitrogens with one attached hydrogen (secondary N) is 2. The highest BCUT2D eigenvalue weighted by atomic mass is 32.2. The van der Waals surface area contributed by atoms with E-state index >= 15 is 0 Å². The van der Waals surface area contributed by atoms with E-state index in [0.717, 1.165) is 6.07 Å². The molecule has 2 rings (SSSR count). The molecule has 4 N–H and O–H groups in total. The monoisotopic (exact) mass is 302 g/mol. The molecular weight excluding hydrogens is 290 g/mol. The molecule has 1 heterocycles. The van der Waals surface area contributed by atoms with Crippen LogP contribution in [-0.2, 0) is 10.0 Å². The Morgan fingerprint density at radius 2 is 1.90 bits per heavy atom. The van der Waals surface area contributed by atoms with Crippen molar-refractivity contribution < 1.29 is 17.2 Å². The van der Waals surface area contributed by atoms with Gasteiger partial charge >= 0.3 is 0 Å². The minimum Gasteiger partial charge on any atom is -0.396 e. The molecule has 0 fully saturated rings. The van der Waals surface area contributed by atoms with Crippen molar-refractivity contribution in [2.24, 2.45) is 0 Å². The van der Waals surface area contributed by atoms with Crippen LogP contribution in [-0.4, -0.2) is 18.6 Å². The zero-order chi connectivity index (χ0) is 15.1. The molecule has 0 amide bonds. The third-order valence-corrected chi connectivity index (χ3v) is 4.29. The van der Waals surface area contributed by atoms with E-state index in [1.165, 1.54) is 13.8 Å². The number of anilines is 2. The van der Waals surface area contributed by atoms with Crippen molar-refractivity contribution in [1.82, 2.24) is 10.2 Å². The third-order valence-electron chi connectivity index (χ3n) is 2.66. The fourth-order valence-electron chi connectivity index (χ4n) is 1.78. The number of aromatic nitrogens is 2. The highest BCUT2D eigenvalue weighted by Crippen LogP contribution is 2.25. The summed E-state index contributed by atoms with van der Waals surface area (Å²) in [5.41, 5.74) is 5.06. The van der Waals surface area contributed by atoms with Gasteiger partial charge in [-0.15, -0.1) is 0 Å². The number of hydrogen-bond acceptors (Lipinski definition) is 4. The zero-order valence-corrected chi connectivity index (χ0v) is 11.5. The molecule has 1 aromatic heterocycles. The molecule has 0 unspecified atom stereocenters. The van der Waals surface area contributed by atoms with Crippen LogP contribution in [0, 0.1) is 25.5 Å². The number of aryl methyl sites for hydroxylation is 2. The summed E-state index contributed by atoms with van der Waals surface area (Å²) in [6.07, 6.45) is 0. The SMILES string of the molecule is Cc1n[nH]c(C)c1S(=O)(=O)Nc1cc(N)c(F)cc1F. The average Bonchev–Trinajstić information content (AvgIpc) is 2.66. The second-order valence-electron chi connectivity index (χ2n) is 4.22. The van der Waals surface area contributed by atoms with Crippen LogP contribution < -0.4 is 10.5 Å². The van der Waals surface area contributed by atoms with Crippen LogP contribution >= 0.6 is 0 Å². The van der Waals surface area contributed by atoms with E-state index in [9.17, 15) is 17.2 Å². The fourth-order valence-corrected chi connectivity index (χ4v) is 3.21. The highest BCUT2D eigenvalue weighted by molar-refractivity contribution is 7.92. The molecule has 20 heavy (non-hydrogen) atoms. The van der Waals surface area contributed by atoms with Crippen LogP contribution in [0.15, 0.2) is 17.0 Å². The molecule has 0 bridgehead atoms. The summed E-state index contributed by atoms with van der Waals surface area (Å²) in [4.78, 5) is -0.0835. The van der Waals surface area contributed by atoms with Gasteiger partial charge < -0.3 is 5.73 Å². The van der Waals surface area contributed by atoms with Gasteiger partial charge in [-0.3, -0.25) is 9.82 Å². The molecule has 9 heteroatoms. The summed E-state index contributed by atoms with van der Waals surface area (Å²) in [6.45, 7) is 3.01. The van der Waals surface area contributed by atoms with E-state index in [1.807, 2.05) is 4.72 Å². The van der Waals surface area contributed by atoms with Crippen molar-refractivity contribution in [2.75, 3.05) is 10.5 Å². The molecule has 0 saturated heterocycles. The molecule has 108 valence electrons. The largest absolute Gasteiger partial charge is 0.396 e. The summed E-state index contributed by atoms with van der Waals surface area (Å²) in [5, 5.41) is 6.27. The number of nitrogens with zero attached hydrogens (tertiary/aromatic N) is 1. The Morgan fingerprint density at radius 1 is 1.25 bits per heavy atom. The Hall–Kier alpha value is -2.16. The minimum absolute atomic E-state index is 0.0835. The molecule has 0 spiro atoms. The first kappa shape index (κ1) is 14.3. The molecule has 6 nitrogen and oxygen atoms in total. The van der Waals surface area contributed by atoms with Crippen molar-refractivity contribution in [3.63, 3.8) is 0 Å². The van der Waals surface area contributed by atoms with Crippen molar-refractivity contribution in [1.29, 1.82) is 0 Å². The zero-order valence-electron chi connectivity index (χ0n) is 10.7. The lowest BCUT2D eigenvalue weighted by atomic mass is 10.2. The molecule has 1 aromatic carbocycles. The van der Waals surface area contributed by atoms with Crippen molar-refractivity contribution in [3.8, 4) is 0 Å². The Morgan fingerprint density at radius 3 is 2.45 bits per heavy atom. The summed E-state index contributed by atoms with van der Waals surface area (Å²) in [7, 11) is -4.05. The van der Waals surface area contributed by atoms with E-state index < -0.39 is 27.3 Å². The number of hydrogen-bond donors (Lipinski definition) is 3. The second kappa shape index (κ2) is 4.75. The average molecular weight is 302 g/mol. The molecule has 0 aliphatic rings. The summed E-state index contributed by atoms with van der Waals surface area (Å²) >= 11 is 0. The minimum atomic E-state index is -4.05. The standard InChI is InChI=1S/C11H12F2N4O2S/c1-5-11(6(2)16-15-5)20(18,19)17-10-4-9(14)7(12)3-8(10)13/h3-4,17H,14H2,1-2H3,(H,15,16). The van der Waals surface area contributed by atoms with E-state index in [-0.39, 0.29) is 16.3 Å². The summed E-state index contributed by atoms with van der Waals surface area (Å²) < 4.78 is 53.0. The molecule has 0 saturated carbocycles. The number of halogens is 2. The van der Waals surface area contributed by atoms with Gasteiger partial charge in [0, 0.05) is 6.07 Å². The van der Waals surface area contributed by atoms with Crippen LogP contribution in [0.25, 0.3) is 0 Å². The van der Waals surface area contributed by atoms with Gasteiger partial charge in [-0.2, -0.15) is 5.10 Å². The Kier molecular flexibility index (Phi) is 3.38. The van der Waals surface area contributed by atoms with Crippen LogP contribution in [0.1, 0.15) is 11.4 Å². The number of aromatic amines is 1. The molecule has 2 aromatic rings. The Balaban J connectivity index is 2.47. The number of rotatable bonds is 3. The van der Waals surface area contributed by atoms with Gasteiger partial charge in [-0.1, -0.05) is 0 Å². The summed E-state index contributed by atoms with van der Waals surface area (Å²) in [6, 6.07) is 1.40. The number of benzene rings is 1. The van der Waals surface area contributed by atoms with E-state index in [4.69, 9.17) is 5.73 Å². The molecule has 0 aliphatic carbocycles. The van der Waals surface area contributed by atoms with Gasteiger partial charge in [0.25, 0.3) is 10.0 Å². The molecule has 0 radical (unpaired) electrons. The van der Waals surface area contributed by atoms with Crippen LogP contribution in [0.5, 0.6) is 0 Å². The van der Waals surface area contributed by atoms with Gasteiger partial charge in [0.1, 0.15) is 16.5 Å². The summed E-state index contributed by atoms with van der Waals surface area (Å²) in [5.74, 6) is -2.01. The first-order valence-electron chi connectivity index (χ1n) is 5.51. The van der Waals surface area contributed by atoms with Gasteiger partial charge in [-0.05, 0) is 19.9 Å². The lowest BCUT2D eigenvalue weighted by Crippen LogP contribution is -2.16. The maximum absolute atomic E-state index is 13.6. The highest BCUT2D eigenvalue weighted by Gasteiger charge is 2.24. The van der Waals surface area contributed by atoms with Crippen molar-refractivity contribution in [2.45, 2.75) is 18.7 Å². The lowest BCUT2D eigenvalue weighted by Gasteiger charge is -2.10. The van der Waals surface area contributed by atoms with Crippen molar-refractivity contribution >= 4 is 21.4 Å². The second-order valence-corrected chi connectivity index (χ2v) is 5.84. The lowest BCUT2D eigenvalue weighted by molar-refractivity contribution is 0.585. The first-order chi connectivity index (χ1) is 9.22. The number of H-pyrrole nitrogens is 1. The van der Waals surface area contributed by atoms with Crippen LogP contribution in [0.2, 0.25) is 0 Å². The normalized spacial score (nSPS) is 11.6. The van der Waals surface area contributed by atoms with E-state index in [1.54, 1.807) is 0 Å². The smallest absolute Gasteiger partial charge is 0.265 e. The molecule has 0 aliphatic heterocycles. The number of sulfonamides is 1. The fraction of sp³-hybridized carbons (Fsp3) is 0.182. The maximum atomic E-state index is 13.6. The molecule has 0 atom stereocenters.